The molecular formula is C24H19FO3. The third-order valence-electron chi connectivity index (χ3n) is 4.08. The van der Waals surface area contributed by atoms with Crippen LogP contribution in [-0.2, 0) is 4.79 Å². The van der Waals surface area contributed by atoms with Crippen LogP contribution < -0.4 is 9.47 Å². The van der Waals surface area contributed by atoms with E-state index in [0.29, 0.717) is 23.7 Å². The number of halogens is 1. The molecule has 28 heavy (non-hydrogen) atoms. The predicted molar refractivity (Wildman–Crippen MR) is 109 cm³/mol. The summed E-state index contributed by atoms with van der Waals surface area (Å²) in [5, 5.41) is 0. The average Bonchev–Trinajstić information content (AvgIpc) is 2.73. The summed E-state index contributed by atoms with van der Waals surface area (Å²) in [7, 11) is 0. The first-order valence-electron chi connectivity index (χ1n) is 8.69. The molecular weight excluding hydrogens is 355 g/mol. The zero-order chi connectivity index (χ0) is 19.9. The van der Waals surface area contributed by atoms with E-state index in [2.05, 4.69) is 13.2 Å². The maximum absolute atomic E-state index is 14.4. The molecule has 3 aromatic carbocycles. The fourth-order valence-electron chi connectivity index (χ4n) is 2.69. The molecule has 0 saturated heterocycles. The van der Waals surface area contributed by atoms with Crippen LogP contribution in [0.25, 0.3) is 22.3 Å². The van der Waals surface area contributed by atoms with Crippen molar-refractivity contribution in [3.63, 3.8) is 0 Å². The van der Waals surface area contributed by atoms with Crippen LogP contribution in [0.3, 0.4) is 0 Å². The first-order chi connectivity index (χ1) is 13.6. The van der Waals surface area contributed by atoms with Gasteiger partial charge in [0.1, 0.15) is 23.9 Å². The van der Waals surface area contributed by atoms with Crippen molar-refractivity contribution in [3.05, 3.63) is 97.9 Å². The molecule has 0 spiro atoms. The van der Waals surface area contributed by atoms with Crippen molar-refractivity contribution >= 4 is 5.97 Å². The van der Waals surface area contributed by atoms with Gasteiger partial charge in [0, 0.05) is 17.7 Å². The van der Waals surface area contributed by atoms with Crippen LogP contribution in [0.2, 0.25) is 0 Å². The van der Waals surface area contributed by atoms with Crippen LogP contribution >= 0.6 is 0 Å². The fraction of sp³-hybridized carbons (Fsp3) is 0.0417. The molecule has 0 aliphatic heterocycles. The number of hydrogen-bond donors (Lipinski definition) is 0. The number of carbonyl (C=O) groups excluding carboxylic acids is 1. The average molecular weight is 374 g/mol. The molecule has 0 fully saturated rings. The van der Waals surface area contributed by atoms with Gasteiger partial charge in [-0.25, -0.2) is 9.18 Å². The van der Waals surface area contributed by atoms with Gasteiger partial charge in [0.15, 0.2) is 0 Å². The van der Waals surface area contributed by atoms with Gasteiger partial charge < -0.3 is 9.47 Å². The second-order valence-corrected chi connectivity index (χ2v) is 5.97. The molecule has 140 valence electrons. The van der Waals surface area contributed by atoms with Gasteiger partial charge in [0.2, 0.25) is 0 Å². The Kier molecular flexibility index (Phi) is 6.02. The quantitative estimate of drug-likeness (QED) is 0.226. The van der Waals surface area contributed by atoms with E-state index in [9.17, 15) is 9.18 Å². The van der Waals surface area contributed by atoms with Crippen molar-refractivity contribution in [2.24, 2.45) is 0 Å². The van der Waals surface area contributed by atoms with Crippen LogP contribution in [0.1, 0.15) is 0 Å². The highest BCUT2D eigenvalue weighted by atomic mass is 19.1. The lowest BCUT2D eigenvalue weighted by Crippen LogP contribution is -2.02. The lowest BCUT2D eigenvalue weighted by molar-refractivity contribution is -0.128. The van der Waals surface area contributed by atoms with Gasteiger partial charge in [-0.1, -0.05) is 55.6 Å². The maximum atomic E-state index is 14.4. The molecule has 4 heteroatoms. The Bertz CT molecular complexity index is 989. The highest BCUT2D eigenvalue weighted by Gasteiger charge is 2.08. The van der Waals surface area contributed by atoms with Crippen LogP contribution in [0.5, 0.6) is 11.5 Å². The van der Waals surface area contributed by atoms with Crippen LogP contribution in [0.15, 0.2) is 92.0 Å². The second-order valence-electron chi connectivity index (χ2n) is 5.97. The Hall–Kier alpha value is -3.66. The number of benzene rings is 3. The molecule has 0 radical (unpaired) electrons. The number of ether oxygens (including phenoxy) is 2. The molecule has 0 N–H and O–H groups in total. The molecule has 0 heterocycles. The number of rotatable bonds is 7. The van der Waals surface area contributed by atoms with Crippen molar-refractivity contribution in [3.8, 4) is 33.8 Å². The normalized spacial score (nSPS) is 10.2. The first kappa shape index (κ1) is 19.1. The molecule has 0 bridgehead atoms. The van der Waals surface area contributed by atoms with Gasteiger partial charge in [-0.15, -0.1) is 0 Å². The van der Waals surface area contributed by atoms with E-state index >= 15 is 0 Å². The van der Waals surface area contributed by atoms with E-state index in [0.717, 1.165) is 22.8 Å². The predicted octanol–water partition coefficient (Wildman–Crippen LogP) is 5.82. The van der Waals surface area contributed by atoms with E-state index in [-0.39, 0.29) is 5.82 Å². The van der Waals surface area contributed by atoms with Gasteiger partial charge in [-0.2, -0.15) is 0 Å². The van der Waals surface area contributed by atoms with Gasteiger partial charge in [-0.05, 0) is 41.0 Å². The Morgan fingerprint density at radius 2 is 1.43 bits per heavy atom. The summed E-state index contributed by atoms with van der Waals surface area (Å²) >= 11 is 0. The number of esters is 1. The minimum absolute atomic E-state index is 0.332. The first-order valence-corrected chi connectivity index (χ1v) is 8.69. The minimum Gasteiger partial charge on any atom is -0.489 e. The lowest BCUT2D eigenvalue weighted by atomic mass is 10.00. The topological polar surface area (TPSA) is 35.5 Å². The van der Waals surface area contributed by atoms with Crippen molar-refractivity contribution in [2.75, 3.05) is 6.61 Å². The largest absolute Gasteiger partial charge is 0.489 e. The van der Waals surface area contributed by atoms with Gasteiger partial charge in [-0.3, -0.25) is 0 Å². The van der Waals surface area contributed by atoms with E-state index in [1.165, 1.54) is 6.07 Å². The maximum Gasteiger partial charge on any atom is 0.335 e. The zero-order valence-corrected chi connectivity index (χ0v) is 15.2. The summed E-state index contributed by atoms with van der Waals surface area (Å²) in [5.74, 6) is 0.0730. The Balaban J connectivity index is 1.77. The van der Waals surface area contributed by atoms with E-state index in [1.54, 1.807) is 30.3 Å². The fourth-order valence-corrected chi connectivity index (χ4v) is 2.69. The summed E-state index contributed by atoms with van der Waals surface area (Å²) in [6, 6.07) is 19.5. The highest BCUT2D eigenvalue weighted by Crippen LogP contribution is 2.29. The van der Waals surface area contributed by atoms with E-state index in [1.807, 2.05) is 36.4 Å². The summed E-state index contributed by atoms with van der Waals surface area (Å²) in [6.45, 7) is 7.27. The highest BCUT2D eigenvalue weighted by molar-refractivity contribution is 5.83. The smallest absolute Gasteiger partial charge is 0.335 e. The Morgan fingerprint density at radius 1 is 0.857 bits per heavy atom. The number of hydrogen-bond acceptors (Lipinski definition) is 3. The molecule has 0 aliphatic carbocycles. The molecule has 0 aromatic heterocycles. The molecule has 0 aliphatic rings. The van der Waals surface area contributed by atoms with Crippen LogP contribution in [0.4, 0.5) is 4.39 Å². The van der Waals surface area contributed by atoms with Crippen molar-refractivity contribution < 1.29 is 18.7 Å². The van der Waals surface area contributed by atoms with E-state index < -0.39 is 5.97 Å². The standard InChI is InChI=1S/C24H19FO3/c1-3-15-27-21-13-14-22(23(25)16-21)19-7-5-17(6-8-19)18-9-11-20(12-10-18)28-24(26)4-2/h3-14,16H,1-2,15H2. The third-order valence-corrected chi connectivity index (χ3v) is 4.08. The van der Waals surface area contributed by atoms with Crippen molar-refractivity contribution in [1.29, 1.82) is 0 Å². The van der Waals surface area contributed by atoms with E-state index in [4.69, 9.17) is 9.47 Å². The lowest BCUT2D eigenvalue weighted by Gasteiger charge is -2.09. The Labute approximate surface area is 163 Å². The minimum atomic E-state index is -0.500. The molecule has 0 amide bonds. The van der Waals surface area contributed by atoms with Gasteiger partial charge >= 0.3 is 5.97 Å². The molecule has 3 rings (SSSR count). The summed E-state index contributed by atoms with van der Waals surface area (Å²) in [5.41, 5.74) is 3.20. The molecule has 3 nitrogen and oxygen atoms in total. The van der Waals surface area contributed by atoms with Crippen molar-refractivity contribution in [1.82, 2.24) is 0 Å². The molecule has 0 atom stereocenters. The summed E-state index contributed by atoms with van der Waals surface area (Å²) in [4.78, 5) is 11.2. The zero-order valence-electron chi connectivity index (χ0n) is 15.2. The molecule has 3 aromatic rings. The van der Waals surface area contributed by atoms with Gasteiger partial charge in [0.25, 0.3) is 0 Å². The number of carbonyl (C=O) groups is 1. The SMILES string of the molecule is C=CCOc1ccc(-c2ccc(-c3ccc(OC(=O)C=C)cc3)cc2)c(F)c1. The van der Waals surface area contributed by atoms with Crippen LogP contribution in [-0.4, -0.2) is 12.6 Å². The molecule has 0 saturated carbocycles. The second kappa shape index (κ2) is 8.82. The Morgan fingerprint density at radius 3 is 2.00 bits per heavy atom. The summed E-state index contributed by atoms with van der Waals surface area (Å²) in [6.07, 6.45) is 2.73. The van der Waals surface area contributed by atoms with Crippen LogP contribution in [0, 0.1) is 5.82 Å². The summed E-state index contributed by atoms with van der Waals surface area (Å²) < 4.78 is 24.8. The monoisotopic (exact) mass is 374 g/mol. The van der Waals surface area contributed by atoms with Gasteiger partial charge in [0.05, 0.1) is 0 Å². The molecule has 0 unspecified atom stereocenters. The third kappa shape index (κ3) is 4.54. The van der Waals surface area contributed by atoms with Crippen molar-refractivity contribution in [2.45, 2.75) is 0 Å².